The van der Waals surface area contributed by atoms with Crippen LogP contribution in [0.3, 0.4) is 0 Å². The Bertz CT molecular complexity index is 998. The second-order valence-electron chi connectivity index (χ2n) is 7.91. The fourth-order valence-corrected chi connectivity index (χ4v) is 2.86. The molecule has 2 aromatic carbocycles. The summed E-state index contributed by atoms with van der Waals surface area (Å²) in [7, 11) is 0. The quantitative estimate of drug-likeness (QED) is 0.569. The normalized spacial score (nSPS) is 11.9. The monoisotopic (exact) mass is 427 g/mol. The standard InChI is InChI=1S/C22H25N3O6/c1-14-10-9-13-17(25(29)30)18(14)20(27)24(16-11-7-6-8-12-16)19(26)15(2)23-21(28)31-22(3,4)5/h6-13,15H,1-5H3,(H,23,28)/t15-/m0/s1. The van der Waals surface area contributed by atoms with Gasteiger partial charge in [-0.3, -0.25) is 19.7 Å². The lowest BCUT2D eigenvalue weighted by molar-refractivity contribution is -0.385. The highest BCUT2D eigenvalue weighted by atomic mass is 16.6. The van der Waals surface area contributed by atoms with Crippen molar-refractivity contribution in [2.24, 2.45) is 0 Å². The van der Waals surface area contributed by atoms with Gasteiger partial charge in [-0.25, -0.2) is 9.69 Å². The van der Waals surface area contributed by atoms with Crippen LogP contribution >= 0.6 is 0 Å². The highest BCUT2D eigenvalue weighted by Gasteiger charge is 2.34. The van der Waals surface area contributed by atoms with E-state index in [0.29, 0.717) is 5.56 Å². The molecule has 0 spiro atoms. The number of carbonyl (C=O) groups is 3. The van der Waals surface area contributed by atoms with Gasteiger partial charge in [0.05, 0.1) is 10.6 Å². The molecule has 1 atom stereocenters. The summed E-state index contributed by atoms with van der Waals surface area (Å²) in [6, 6.07) is 11.1. The minimum Gasteiger partial charge on any atom is -0.444 e. The second-order valence-corrected chi connectivity index (χ2v) is 7.91. The first kappa shape index (κ1) is 23.5. The van der Waals surface area contributed by atoms with Crippen LogP contribution in [0.5, 0.6) is 0 Å². The molecule has 0 saturated carbocycles. The predicted octanol–water partition coefficient (Wildman–Crippen LogP) is 3.99. The zero-order valence-electron chi connectivity index (χ0n) is 18.0. The summed E-state index contributed by atoms with van der Waals surface area (Å²) in [6.45, 7) is 7.99. The second kappa shape index (κ2) is 9.38. The van der Waals surface area contributed by atoms with Gasteiger partial charge in [0, 0.05) is 6.07 Å². The number of hydrogen-bond acceptors (Lipinski definition) is 6. The Morgan fingerprint density at radius 3 is 2.23 bits per heavy atom. The minimum atomic E-state index is -1.14. The van der Waals surface area contributed by atoms with Crippen molar-refractivity contribution in [2.45, 2.75) is 46.3 Å². The molecule has 9 heteroatoms. The van der Waals surface area contributed by atoms with Crippen LogP contribution in [0.15, 0.2) is 48.5 Å². The fourth-order valence-electron chi connectivity index (χ4n) is 2.86. The number of rotatable bonds is 5. The lowest BCUT2D eigenvalue weighted by Crippen LogP contribution is -2.50. The van der Waals surface area contributed by atoms with E-state index in [1.807, 2.05) is 0 Å². The minimum absolute atomic E-state index is 0.200. The van der Waals surface area contributed by atoms with E-state index in [4.69, 9.17) is 4.74 Å². The molecule has 164 valence electrons. The van der Waals surface area contributed by atoms with Gasteiger partial charge in [-0.15, -0.1) is 0 Å². The first-order valence-corrected chi connectivity index (χ1v) is 9.59. The summed E-state index contributed by atoms with van der Waals surface area (Å²) < 4.78 is 5.16. The van der Waals surface area contributed by atoms with Crippen LogP contribution in [-0.2, 0) is 9.53 Å². The molecule has 0 bridgehead atoms. The predicted molar refractivity (Wildman–Crippen MR) is 115 cm³/mol. The number of aryl methyl sites for hydroxylation is 1. The molecule has 2 aromatic rings. The fraction of sp³-hybridized carbons (Fsp3) is 0.318. The van der Waals surface area contributed by atoms with E-state index < -0.39 is 40.2 Å². The molecule has 1 N–H and O–H groups in total. The molecule has 0 aliphatic rings. The number of carbonyl (C=O) groups excluding carboxylic acids is 3. The summed E-state index contributed by atoms with van der Waals surface area (Å²) in [4.78, 5) is 50.4. The Hall–Kier alpha value is -3.75. The van der Waals surface area contributed by atoms with Gasteiger partial charge >= 0.3 is 6.09 Å². The topological polar surface area (TPSA) is 119 Å². The molecular weight excluding hydrogens is 402 g/mol. The maximum absolute atomic E-state index is 13.4. The van der Waals surface area contributed by atoms with Crippen molar-refractivity contribution < 1.29 is 24.0 Å². The van der Waals surface area contributed by atoms with Crippen molar-refractivity contribution >= 4 is 29.3 Å². The average molecular weight is 427 g/mol. The van der Waals surface area contributed by atoms with Crippen LogP contribution in [0.4, 0.5) is 16.2 Å². The van der Waals surface area contributed by atoms with Gasteiger partial charge in [-0.2, -0.15) is 0 Å². The van der Waals surface area contributed by atoms with Gasteiger partial charge in [-0.05, 0) is 52.3 Å². The van der Waals surface area contributed by atoms with Gasteiger partial charge in [0.15, 0.2) is 0 Å². The number of para-hydroxylation sites is 1. The van der Waals surface area contributed by atoms with Gasteiger partial charge in [0.1, 0.15) is 17.2 Å². The molecule has 0 aliphatic carbocycles. The number of benzene rings is 2. The zero-order valence-corrected chi connectivity index (χ0v) is 18.0. The van der Waals surface area contributed by atoms with Crippen LogP contribution in [-0.4, -0.2) is 34.5 Å². The lowest BCUT2D eigenvalue weighted by Gasteiger charge is -2.26. The molecule has 31 heavy (non-hydrogen) atoms. The zero-order chi connectivity index (χ0) is 23.3. The van der Waals surface area contributed by atoms with E-state index >= 15 is 0 Å². The summed E-state index contributed by atoms with van der Waals surface area (Å²) >= 11 is 0. The summed E-state index contributed by atoms with van der Waals surface area (Å²) in [5, 5.41) is 13.9. The maximum Gasteiger partial charge on any atom is 0.408 e. The smallest absolute Gasteiger partial charge is 0.408 e. The van der Waals surface area contributed by atoms with Crippen molar-refractivity contribution in [3.05, 3.63) is 69.8 Å². The molecule has 3 amide bonds. The highest BCUT2D eigenvalue weighted by molar-refractivity contribution is 6.24. The molecule has 9 nitrogen and oxygen atoms in total. The number of nitro groups is 1. The van der Waals surface area contributed by atoms with Crippen molar-refractivity contribution in [2.75, 3.05) is 4.90 Å². The molecule has 0 radical (unpaired) electrons. The van der Waals surface area contributed by atoms with E-state index in [1.54, 1.807) is 52.0 Å². The summed E-state index contributed by atoms with van der Waals surface area (Å²) in [6.07, 6.45) is -0.823. The van der Waals surface area contributed by atoms with Crippen molar-refractivity contribution in [1.29, 1.82) is 0 Å². The number of nitro benzene ring substituents is 1. The first-order valence-electron chi connectivity index (χ1n) is 9.59. The number of alkyl carbamates (subject to hydrolysis) is 1. The van der Waals surface area contributed by atoms with E-state index in [2.05, 4.69) is 5.32 Å². The van der Waals surface area contributed by atoms with E-state index in [1.165, 1.54) is 31.2 Å². The van der Waals surface area contributed by atoms with Gasteiger partial charge < -0.3 is 10.1 Å². The first-order chi connectivity index (χ1) is 14.4. The van der Waals surface area contributed by atoms with E-state index in [-0.39, 0.29) is 11.3 Å². The average Bonchev–Trinajstić information content (AvgIpc) is 2.66. The molecule has 0 unspecified atom stereocenters. The van der Waals surface area contributed by atoms with Crippen molar-refractivity contribution in [3.8, 4) is 0 Å². The van der Waals surface area contributed by atoms with Gasteiger partial charge in [0.25, 0.3) is 17.5 Å². The summed E-state index contributed by atoms with van der Waals surface area (Å²) in [5.74, 6) is -1.63. The number of hydrogen-bond donors (Lipinski definition) is 1. The third-order valence-corrected chi connectivity index (χ3v) is 4.20. The molecule has 0 heterocycles. The van der Waals surface area contributed by atoms with E-state index in [9.17, 15) is 24.5 Å². The Morgan fingerprint density at radius 2 is 1.68 bits per heavy atom. The Labute approximate surface area is 180 Å². The molecule has 0 fully saturated rings. The number of ether oxygens (including phenoxy) is 1. The third-order valence-electron chi connectivity index (χ3n) is 4.20. The van der Waals surface area contributed by atoms with Crippen molar-refractivity contribution in [3.63, 3.8) is 0 Å². The van der Waals surface area contributed by atoms with Crippen LogP contribution in [0.25, 0.3) is 0 Å². The number of imide groups is 1. The molecule has 0 saturated heterocycles. The SMILES string of the molecule is Cc1cccc([N+](=O)[O-])c1C(=O)N(C(=O)[C@H](C)NC(=O)OC(C)(C)C)c1ccccc1. The maximum atomic E-state index is 13.4. The number of nitrogens with zero attached hydrogens (tertiary/aromatic N) is 2. The molecular formula is C22H25N3O6. The van der Waals surface area contributed by atoms with Crippen LogP contribution in [0.2, 0.25) is 0 Å². The number of nitrogens with one attached hydrogen (secondary N) is 1. The number of anilines is 1. The Balaban J connectivity index is 2.46. The summed E-state index contributed by atoms with van der Waals surface area (Å²) in [5.41, 5.74) is -0.821. The molecule has 0 aromatic heterocycles. The largest absolute Gasteiger partial charge is 0.444 e. The Morgan fingerprint density at radius 1 is 1.06 bits per heavy atom. The van der Waals surface area contributed by atoms with E-state index in [0.717, 1.165) is 4.90 Å². The van der Waals surface area contributed by atoms with Crippen LogP contribution in [0.1, 0.15) is 43.6 Å². The lowest BCUT2D eigenvalue weighted by atomic mass is 10.0. The van der Waals surface area contributed by atoms with Crippen LogP contribution in [0, 0.1) is 17.0 Å². The third kappa shape index (κ3) is 5.88. The van der Waals surface area contributed by atoms with Crippen LogP contribution < -0.4 is 10.2 Å². The highest BCUT2D eigenvalue weighted by Crippen LogP contribution is 2.27. The Kier molecular flexibility index (Phi) is 7.12. The van der Waals surface area contributed by atoms with Gasteiger partial charge in [-0.1, -0.05) is 30.3 Å². The molecule has 2 rings (SSSR count). The number of amides is 3. The molecule has 0 aliphatic heterocycles. The van der Waals surface area contributed by atoms with Crippen molar-refractivity contribution in [1.82, 2.24) is 5.32 Å². The van der Waals surface area contributed by atoms with Gasteiger partial charge in [0.2, 0.25) is 0 Å².